The average Bonchev–Trinajstić information content (AvgIpc) is 2.94. The summed E-state index contributed by atoms with van der Waals surface area (Å²) in [6.45, 7) is 1.46. The Hall–Kier alpha value is -2.87. The zero-order valence-corrected chi connectivity index (χ0v) is 14.7. The fraction of sp³-hybridized carbons (Fsp3) is 0.250. The van der Waals surface area contributed by atoms with Crippen molar-refractivity contribution in [2.45, 2.75) is 13.5 Å². The zero-order valence-electron chi connectivity index (χ0n) is 13.9. The van der Waals surface area contributed by atoms with Crippen LogP contribution in [0.15, 0.2) is 34.1 Å². The van der Waals surface area contributed by atoms with Crippen molar-refractivity contribution in [3.8, 4) is 0 Å². The van der Waals surface area contributed by atoms with Gasteiger partial charge in [0.15, 0.2) is 11.2 Å². The van der Waals surface area contributed by atoms with Crippen molar-refractivity contribution in [1.29, 1.82) is 0 Å². The number of benzene rings is 1. The number of rotatable bonds is 3. The Kier molecular flexibility index (Phi) is 4.22. The van der Waals surface area contributed by atoms with E-state index in [0.717, 1.165) is 10.1 Å². The normalized spacial score (nSPS) is 11.0. The summed E-state index contributed by atoms with van der Waals surface area (Å²) < 4.78 is 3.63. The number of aryl methyl sites for hydroxylation is 3. The topological polar surface area (TPSA) is 90.9 Å². The number of nitrogens with one attached hydrogen (secondary N) is 1. The maximum absolute atomic E-state index is 12.6. The van der Waals surface area contributed by atoms with Gasteiger partial charge in [-0.1, -0.05) is 17.7 Å². The summed E-state index contributed by atoms with van der Waals surface area (Å²) in [5.41, 5.74) is 0.724. The monoisotopic (exact) mass is 361 g/mol. The van der Waals surface area contributed by atoms with Crippen LogP contribution in [0, 0.1) is 6.92 Å². The SMILES string of the molecule is Cc1ccc(NC(=O)Cn2c(=O)c3c(ncn3C)n(C)c2=O)c(Cl)c1. The lowest BCUT2D eigenvalue weighted by molar-refractivity contribution is -0.116. The summed E-state index contributed by atoms with van der Waals surface area (Å²) in [5.74, 6) is -0.522. The second-order valence-corrected chi connectivity index (χ2v) is 6.20. The summed E-state index contributed by atoms with van der Waals surface area (Å²) in [4.78, 5) is 41.3. The van der Waals surface area contributed by atoms with E-state index in [0.29, 0.717) is 10.7 Å². The van der Waals surface area contributed by atoms with Crippen LogP contribution in [0.1, 0.15) is 5.56 Å². The molecule has 0 aliphatic rings. The number of hydrogen-bond acceptors (Lipinski definition) is 4. The van der Waals surface area contributed by atoms with E-state index in [9.17, 15) is 14.4 Å². The molecule has 3 rings (SSSR count). The number of anilines is 1. The van der Waals surface area contributed by atoms with Gasteiger partial charge in [0.25, 0.3) is 5.56 Å². The van der Waals surface area contributed by atoms with Crippen LogP contribution in [0.25, 0.3) is 11.2 Å². The molecule has 0 radical (unpaired) electrons. The molecule has 0 spiro atoms. The Morgan fingerprint density at radius 1 is 1.28 bits per heavy atom. The van der Waals surface area contributed by atoms with Crippen molar-refractivity contribution < 1.29 is 4.79 Å². The Balaban J connectivity index is 1.98. The van der Waals surface area contributed by atoms with Gasteiger partial charge in [0.2, 0.25) is 5.91 Å². The van der Waals surface area contributed by atoms with Gasteiger partial charge in [-0.05, 0) is 24.6 Å². The molecule has 9 heteroatoms. The molecule has 2 aromatic heterocycles. The van der Waals surface area contributed by atoms with Crippen LogP contribution < -0.4 is 16.6 Å². The predicted molar refractivity (Wildman–Crippen MR) is 95.0 cm³/mol. The molecule has 3 aromatic rings. The van der Waals surface area contributed by atoms with Crippen molar-refractivity contribution in [3.63, 3.8) is 0 Å². The van der Waals surface area contributed by atoms with Gasteiger partial charge < -0.3 is 9.88 Å². The van der Waals surface area contributed by atoms with Crippen LogP contribution in [-0.4, -0.2) is 24.6 Å². The van der Waals surface area contributed by atoms with E-state index in [-0.39, 0.29) is 11.2 Å². The van der Waals surface area contributed by atoms with Crippen LogP contribution in [0.5, 0.6) is 0 Å². The molecule has 1 aromatic carbocycles. The van der Waals surface area contributed by atoms with E-state index in [4.69, 9.17) is 11.6 Å². The highest BCUT2D eigenvalue weighted by atomic mass is 35.5. The first-order valence-electron chi connectivity index (χ1n) is 7.46. The Morgan fingerprint density at radius 3 is 2.68 bits per heavy atom. The molecule has 0 bridgehead atoms. The van der Waals surface area contributed by atoms with Gasteiger partial charge >= 0.3 is 5.69 Å². The molecule has 2 heterocycles. The number of amides is 1. The van der Waals surface area contributed by atoms with E-state index in [1.807, 2.05) is 6.92 Å². The van der Waals surface area contributed by atoms with E-state index in [2.05, 4.69) is 10.3 Å². The third kappa shape index (κ3) is 2.96. The van der Waals surface area contributed by atoms with Crippen LogP contribution in [0.3, 0.4) is 0 Å². The molecule has 130 valence electrons. The second kappa shape index (κ2) is 6.21. The van der Waals surface area contributed by atoms with Crippen LogP contribution in [0.4, 0.5) is 5.69 Å². The standard InChI is InChI=1S/C16H16ClN5O3/c1-9-4-5-11(10(17)6-9)19-12(23)7-22-15(24)13-14(18-8-20(13)2)21(3)16(22)25/h4-6,8H,7H2,1-3H3,(H,19,23). The number of carbonyl (C=O) groups excluding carboxylic acids is 1. The number of imidazole rings is 1. The molecule has 25 heavy (non-hydrogen) atoms. The van der Waals surface area contributed by atoms with Gasteiger partial charge in [0, 0.05) is 14.1 Å². The number of fused-ring (bicyclic) bond motifs is 1. The molecule has 0 unspecified atom stereocenters. The molecule has 0 aliphatic carbocycles. The quantitative estimate of drug-likeness (QED) is 0.754. The molecule has 0 saturated heterocycles. The molecule has 8 nitrogen and oxygen atoms in total. The number of nitrogens with zero attached hydrogens (tertiary/aromatic N) is 4. The van der Waals surface area contributed by atoms with Gasteiger partial charge in [0.1, 0.15) is 6.54 Å². The van der Waals surface area contributed by atoms with Crippen molar-refractivity contribution in [2.75, 3.05) is 5.32 Å². The number of carbonyl (C=O) groups is 1. The summed E-state index contributed by atoms with van der Waals surface area (Å²) in [5, 5.41) is 3.00. The summed E-state index contributed by atoms with van der Waals surface area (Å²) >= 11 is 6.09. The molecule has 1 amide bonds. The van der Waals surface area contributed by atoms with Gasteiger partial charge in [-0.25, -0.2) is 14.3 Å². The molecule has 0 aliphatic heterocycles. The minimum atomic E-state index is -0.610. The third-order valence-electron chi connectivity index (χ3n) is 3.90. The van der Waals surface area contributed by atoms with E-state index < -0.39 is 23.7 Å². The number of aromatic nitrogens is 4. The maximum atomic E-state index is 12.6. The zero-order chi connectivity index (χ0) is 18.3. The first kappa shape index (κ1) is 17.0. The van der Waals surface area contributed by atoms with Crippen molar-refractivity contribution in [3.05, 3.63) is 56.0 Å². The minimum absolute atomic E-state index is 0.253. The van der Waals surface area contributed by atoms with E-state index in [1.165, 1.54) is 22.5 Å². The van der Waals surface area contributed by atoms with Crippen LogP contribution in [0.2, 0.25) is 5.02 Å². The van der Waals surface area contributed by atoms with Gasteiger partial charge in [0.05, 0.1) is 17.0 Å². The molecular formula is C16H16ClN5O3. The van der Waals surface area contributed by atoms with Gasteiger partial charge in [-0.2, -0.15) is 0 Å². The number of halogens is 1. The number of hydrogen-bond donors (Lipinski definition) is 1. The summed E-state index contributed by atoms with van der Waals surface area (Å²) in [6.07, 6.45) is 1.45. The van der Waals surface area contributed by atoms with Crippen molar-refractivity contribution in [2.24, 2.45) is 14.1 Å². The lowest BCUT2D eigenvalue weighted by atomic mass is 10.2. The summed E-state index contributed by atoms with van der Waals surface area (Å²) in [6, 6.07) is 5.18. The molecule has 0 atom stereocenters. The fourth-order valence-corrected chi connectivity index (χ4v) is 2.87. The highest BCUT2D eigenvalue weighted by Gasteiger charge is 2.17. The lowest BCUT2D eigenvalue weighted by Gasteiger charge is -2.10. The first-order valence-corrected chi connectivity index (χ1v) is 7.84. The van der Waals surface area contributed by atoms with Crippen molar-refractivity contribution in [1.82, 2.24) is 18.7 Å². The smallest absolute Gasteiger partial charge is 0.328 e. The predicted octanol–water partition coefficient (Wildman–Crippen LogP) is 1.03. The largest absolute Gasteiger partial charge is 0.332 e. The van der Waals surface area contributed by atoms with E-state index >= 15 is 0 Å². The van der Waals surface area contributed by atoms with Gasteiger partial charge in [-0.15, -0.1) is 0 Å². The van der Waals surface area contributed by atoms with Gasteiger partial charge in [-0.3, -0.25) is 14.2 Å². The Labute approximate surface area is 147 Å². The highest BCUT2D eigenvalue weighted by molar-refractivity contribution is 6.33. The molecule has 0 saturated carbocycles. The second-order valence-electron chi connectivity index (χ2n) is 5.79. The maximum Gasteiger partial charge on any atom is 0.332 e. The lowest BCUT2D eigenvalue weighted by Crippen LogP contribution is -2.42. The highest BCUT2D eigenvalue weighted by Crippen LogP contribution is 2.22. The summed E-state index contributed by atoms with van der Waals surface area (Å²) in [7, 11) is 3.15. The Morgan fingerprint density at radius 2 is 2.00 bits per heavy atom. The van der Waals surface area contributed by atoms with E-state index in [1.54, 1.807) is 25.2 Å². The average molecular weight is 362 g/mol. The molecule has 0 fully saturated rings. The molecule has 1 N–H and O–H groups in total. The molecular weight excluding hydrogens is 346 g/mol. The van der Waals surface area contributed by atoms with Crippen molar-refractivity contribution >= 4 is 34.4 Å². The Bertz CT molecular complexity index is 1110. The minimum Gasteiger partial charge on any atom is -0.328 e. The fourth-order valence-electron chi connectivity index (χ4n) is 2.59. The van der Waals surface area contributed by atoms with Crippen LogP contribution in [-0.2, 0) is 25.4 Å². The third-order valence-corrected chi connectivity index (χ3v) is 4.21. The first-order chi connectivity index (χ1) is 11.8. The van der Waals surface area contributed by atoms with Crippen LogP contribution >= 0.6 is 11.6 Å².